The van der Waals surface area contributed by atoms with Crippen LogP contribution in [0.15, 0.2) is 24.5 Å². The van der Waals surface area contributed by atoms with Gasteiger partial charge in [0.25, 0.3) is 0 Å². The average Bonchev–Trinajstić information content (AvgIpc) is 2.03. The zero-order valence-electron chi connectivity index (χ0n) is 6.76. The van der Waals surface area contributed by atoms with Gasteiger partial charge in [-0.1, -0.05) is 19.0 Å². The summed E-state index contributed by atoms with van der Waals surface area (Å²) in [5.74, 6) is 3.08. The van der Waals surface area contributed by atoms with E-state index >= 15 is 0 Å². The molecule has 55 valence electrons. The van der Waals surface area contributed by atoms with Crippen molar-refractivity contribution in [2.75, 3.05) is 0 Å². The predicted molar refractivity (Wildman–Crippen MR) is 48.6 cm³/mol. The van der Waals surface area contributed by atoms with Crippen LogP contribution in [0.2, 0.25) is 13.1 Å². The average molecular weight is 160 g/mol. The molecule has 0 bridgehead atoms. The zero-order valence-corrected chi connectivity index (χ0v) is 7.76. The highest BCUT2D eigenvalue weighted by Gasteiger charge is 1.86. The van der Waals surface area contributed by atoms with Crippen LogP contribution in [-0.4, -0.2) is 13.8 Å². The normalized spacial score (nSPS) is 9.00. The van der Waals surface area contributed by atoms with Gasteiger partial charge in [-0.3, -0.25) is 4.98 Å². The summed E-state index contributed by atoms with van der Waals surface area (Å²) in [5, 5.41) is 0. The van der Waals surface area contributed by atoms with Gasteiger partial charge in [0.2, 0.25) is 0 Å². The fourth-order valence-corrected chi connectivity index (χ4v) is 1.03. The monoisotopic (exact) mass is 160 g/mol. The molecule has 0 spiro atoms. The number of hydrogen-bond donors (Lipinski definition) is 0. The molecule has 2 heteroatoms. The summed E-state index contributed by atoms with van der Waals surface area (Å²) in [5.41, 5.74) is 4.19. The number of aromatic nitrogens is 1. The molecule has 1 nitrogen and oxygen atoms in total. The van der Waals surface area contributed by atoms with Gasteiger partial charge < -0.3 is 0 Å². The van der Waals surface area contributed by atoms with Gasteiger partial charge in [-0.25, -0.2) is 0 Å². The lowest BCUT2D eigenvalue weighted by molar-refractivity contribution is 1.31. The van der Waals surface area contributed by atoms with Gasteiger partial charge in [0.05, 0.1) is 0 Å². The first-order valence-electron chi connectivity index (χ1n) is 3.51. The molecule has 0 atom stereocenters. The standard InChI is InChI=1S/C9H10NSi/c1-11(2)7-5-9-4-3-6-10-8-9/h3-4,6,8H,1-2H3. The highest BCUT2D eigenvalue weighted by atomic mass is 28.3. The first-order chi connectivity index (χ1) is 5.29. The Morgan fingerprint density at radius 2 is 2.27 bits per heavy atom. The lowest BCUT2D eigenvalue weighted by Crippen LogP contribution is -1.93. The molecule has 1 heterocycles. The summed E-state index contributed by atoms with van der Waals surface area (Å²) >= 11 is 0. The maximum atomic E-state index is 3.97. The summed E-state index contributed by atoms with van der Waals surface area (Å²) < 4.78 is 0. The van der Waals surface area contributed by atoms with Crippen molar-refractivity contribution < 1.29 is 0 Å². The maximum absolute atomic E-state index is 3.97. The molecule has 0 aliphatic heterocycles. The van der Waals surface area contributed by atoms with Crippen LogP contribution in [0.4, 0.5) is 0 Å². The van der Waals surface area contributed by atoms with E-state index in [0.717, 1.165) is 5.56 Å². The van der Waals surface area contributed by atoms with E-state index in [1.54, 1.807) is 12.4 Å². The lowest BCUT2D eigenvalue weighted by Gasteiger charge is -1.86. The Hall–Kier alpha value is -1.07. The highest BCUT2D eigenvalue weighted by molar-refractivity contribution is 6.64. The second kappa shape index (κ2) is 3.94. The van der Waals surface area contributed by atoms with Crippen LogP contribution in [0.5, 0.6) is 0 Å². The van der Waals surface area contributed by atoms with Crippen molar-refractivity contribution in [1.29, 1.82) is 0 Å². The third-order valence-electron chi connectivity index (χ3n) is 1.12. The summed E-state index contributed by atoms with van der Waals surface area (Å²) in [6.45, 7) is 4.35. The van der Waals surface area contributed by atoms with E-state index in [-0.39, 0.29) is 0 Å². The second-order valence-electron chi connectivity index (χ2n) is 2.49. The fraction of sp³-hybridized carbons (Fsp3) is 0.222. The molecule has 1 aromatic rings. The largest absolute Gasteiger partial charge is 0.263 e. The Labute approximate surface area is 69.1 Å². The van der Waals surface area contributed by atoms with E-state index in [1.165, 1.54) is 0 Å². The molecule has 0 aliphatic carbocycles. The Morgan fingerprint density at radius 1 is 1.45 bits per heavy atom. The molecule has 0 saturated heterocycles. The van der Waals surface area contributed by atoms with Crippen LogP contribution in [0, 0.1) is 11.5 Å². The summed E-state index contributed by atoms with van der Waals surface area (Å²) in [7, 11) is -0.421. The van der Waals surface area contributed by atoms with Gasteiger partial charge in [0, 0.05) is 18.0 Å². The third-order valence-corrected chi connectivity index (χ3v) is 1.74. The molecule has 0 aliphatic rings. The number of hydrogen-bond acceptors (Lipinski definition) is 1. The molecule has 11 heavy (non-hydrogen) atoms. The fourth-order valence-electron chi connectivity index (χ4n) is 0.634. The van der Waals surface area contributed by atoms with E-state index in [2.05, 4.69) is 29.5 Å². The quantitative estimate of drug-likeness (QED) is 0.416. The number of nitrogens with zero attached hydrogens (tertiary/aromatic N) is 1. The van der Waals surface area contributed by atoms with Crippen LogP contribution in [0.1, 0.15) is 5.56 Å². The first kappa shape index (κ1) is 8.03. The Bertz CT molecular complexity index is 269. The number of rotatable bonds is 0. The van der Waals surface area contributed by atoms with E-state index in [0.29, 0.717) is 0 Å². The molecule has 0 unspecified atom stereocenters. The minimum absolute atomic E-state index is 0.421. The van der Waals surface area contributed by atoms with Crippen molar-refractivity contribution in [3.8, 4) is 11.5 Å². The Balaban J connectivity index is 2.75. The smallest absolute Gasteiger partial charge is 0.138 e. The lowest BCUT2D eigenvalue weighted by atomic mass is 10.3. The van der Waals surface area contributed by atoms with Gasteiger partial charge in [-0.15, -0.1) is 5.54 Å². The second-order valence-corrected chi connectivity index (χ2v) is 4.74. The SMILES string of the molecule is C[Si](C)C#Cc1cccnc1. The van der Waals surface area contributed by atoms with Gasteiger partial charge in [-0.2, -0.15) is 0 Å². The topological polar surface area (TPSA) is 12.9 Å². The van der Waals surface area contributed by atoms with Crippen molar-refractivity contribution in [2.24, 2.45) is 0 Å². The van der Waals surface area contributed by atoms with Crippen LogP contribution in [0.3, 0.4) is 0 Å². The summed E-state index contributed by atoms with van der Waals surface area (Å²) in [6, 6.07) is 3.88. The van der Waals surface area contributed by atoms with Crippen LogP contribution in [0.25, 0.3) is 0 Å². The first-order valence-corrected chi connectivity index (χ1v) is 6.01. The summed E-state index contributed by atoms with van der Waals surface area (Å²) in [4.78, 5) is 3.97. The van der Waals surface area contributed by atoms with Crippen molar-refractivity contribution in [3.05, 3.63) is 30.1 Å². The molecular weight excluding hydrogens is 150 g/mol. The molecular formula is C9H10NSi. The van der Waals surface area contributed by atoms with Crippen LogP contribution < -0.4 is 0 Å². The van der Waals surface area contributed by atoms with E-state index in [4.69, 9.17) is 0 Å². The minimum atomic E-state index is -0.421. The molecule has 0 N–H and O–H groups in total. The van der Waals surface area contributed by atoms with Crippen molar-refractivity contribution >= 4 is 8.80 Å². The van der Waals surface area contributed by atoms with Gasteiger partial charge >= 0.3 is 0 Å². The summed E-state index contributed by atoms with van der Waals surface area (Å²) in [6.07, 6.45) is 3.55. The molecule has 0 aromatic carbocycles. The van der Waals surface area contributed by atoms with Crippen LogP contribution >= 0.6 is 0 Å². The molecule has 1 aromatic heterocycles. The minimum Gasteiger partial charge on any atom is -0.263 e. The van der Waals surface area contributed by atoms with Gasteiger partial charge in [0.15, 0.2) is 0 Å². The predicted octanol–water partition coefficient (Wildman–Crippen LogP) is 1.73. The number of pyridine rings is 1. The van der Waals surface area contributed by atoms with Gasteiger partial charge in [0.1, 0.15) is 8.80 Å². The molecule has 1 rings (SSSR count). The zero-order chi connectivity index (χ0) is 8.10. The molecule has 0 amide bonds. The Kier molecular flexibility index (Phi) is 2.88. The molecule has 0 fully saturated rings. The van der Waals surface area contributed by atoms with Crippen LogP contribution in [-0.2, 0) is 0 Å². The van der Waals surface area contributed by atoms with E-state index < -0.39 is 8.80 Å². The van der Waals surface area contributed by atoms with E-state index in [9.17, 15) is 0 Å². The maximum Gasteiger partial charge on any atom is 0.138 e. The van der Waals surface area contributed by atoms with Crippen molar-refractivity contribution in [3.63, 3.8) is 0 Å². The van der Waals surface area contributed by atoms with Crippen molar-refractivity contribution in [2.45, 2.75) is 13.1 Å². The van der Waals surface area contributed by atoms with Crippen molar-refractivity contribution in [1.82, 2.24) is 4.98 Å². The van der Waals surface area contributed by atoms with Gasteiger partial charge in [-0.05, 0) is 12.1 Å². The molecule has 0 saturated carbocycles. The Morgan fingerprint density at radius 3 is 2.82 bits per heavy atom. The highest BCUT2D eigenvalue weighted by Crippen LogP contribution is 1.91. The third kappa shape index (κ3) is 3.01. The van der Waals surface area contributed by atoms with E-state index in [1.807, 2.05) is 12.1 Å². The molecule has 1 radical (unpaired) electrons.